The van der Waals surface area contributed by atoms with Gasteiger partial charge in [0.25, 0.3) is 0 Å². The summed E-state index contributed by atoms with van der Waals surface area (Å²) in [6.45, 7) is 1.41. The fraction of sp³-hybridized carbons (Fsp3) is 0.208. The van der Waals surface area contributed by atoms with Crippen LogP contribution in [-0.2, 0) is 17.8 Å². The molecule has 7 heteroatoms. The molecule has 0 fully saturated rings. The highest BCUT2D eigenvalue weighted by Crippen LogP contribution is 2.39. The summed E-state index contributed by atoms with van der Waals surface area (Å²) >= 11 is 12.5. The van der Waals surface area contributed by atoms with Crippen LogP contribution < -0.4 is 15.2 Å². The molecule has 0 saturated heterocycles. The van der Waals surface area contributed by atoms with Gasteiger partial charge in [0.05, 0.1) is 23.2 Å². The van der Waals surface area contributed by atoms with E-state index in [1.165, 1.54) is 0 Å². The number of anilines is 1. The molecule has 31 heavy (non-hydrogen) atoms. The molecule has 3 aromatic rings. The van der Waals surface area contributed by atoms with E-state index in [4.69, 9.17) is 38.4 Å². The molecule has 0 aromatic heterocycles. The first-order valence-electron chi connectivity index (χ1n) is 9.86. The van der Waals surface area contributed by atoms with Crippen LogP contribution in [0.15, 0.2) is 54.6 Å². The lowest BCUT2D eigenvalue weighted by molar-refractivity contribution is -0.113. The molecular formula is C24H22Cl2N2O3. The van der Waals surface area contributed by atoms with Gasteiger partial charge in [0.15, 0.2) is 5.75 Å². The van der Waals surface area contributed by atoms with Crippen LogP contribution in [-0.4, -0.2) is 24.8 Å². The zero-order valence-corrected chi connectivity index (χ0v) is 18.5. The average Bonchev–Trinajstić information content (AvgIpc) is 2.76. The van der Waals surface area contributed by atoms with Gasteiger partial charge in [-0.2, -0.15) is 0 Å². The molecule has 1 aliphatic heterocycles. The van der Waals surface area contributed by atoms with Crippen LogP contribution in [0, 0.1) is 0 Å². The Morgan fingerprint density at radius 1 is 1.10 bits per heavy atom. The number of halogens is 2. The Morgan fingerprint density at radius 3 is 2.58 bits per heavy atom. The van der Waals surface area contributed by atoms with Gasteiger partial charge in [0.1, 0.15) is 17.8 Å². The zero-order valence-electron chi connectivity index (χ0n) is 17.0. The minimum Gasteiger partial charge on any atom is -0.497 e. The van der Waals surface area contributed by atoms with Crippen LogP contribution in [0.3, 0.4) is 0 Å². The van der Waals surface area contributed by atoms with Gasteiger partial charge in [-0.15, -0.1) is 0 Å². The topological polar surface area (TPSA) is 64.8 Å². The minimum absolute atomic E-state index is 0.326. The molecule has 2 N–H and O–H groups in total. The van der Waals surface area contributed by atoms with Gasteiger partial charge in [0.2, 0.25) is 0 Å². The molecule has 1 aliphatic rings. The molecule has 5 nitrogen and oxygen atoms in total. The fourth-order valence-electron chi connectivity index (χ4n) is 3.89. The van der Waals surface area contributed by atoms with Crippen LogP contribution in [0.2, 0.25) is 10.0 Å². The Morgan fingerprint density at radius 2 is 1.87 bits per heavy atom. The maximum absolute atomic E-state index is 12.0. The maximum atomic E-state index is 12.0. The van der Waals surface area contributed by atoms with E-state index >= 15 is 0 Å². The molecule has 160 valence electrons. The number of carbonyl (C=O) groups excluding carboxylic acids is 1. The van der Waals surface area contributed by atoms with Crippen LogP contribution in [0.1, 0.15) is 22.7 Å². The highest BCUT2D eigenvalue weighted by molar-refractivity contribution is 6.37. The van der Waals surface area contributed by atoms with Crippen molar-refractivity contribution < 1.29 is 14.3 Å². The number of nitrogens with two attached hydrogens (primary N) is 1. The van der Waals surface area contributed by atoms with Crippen molar-refractivity contribution in [3.05, 3.63) is 81.3 Å². The predicted molar refractivity (Wildman–Crippen MR) is 123 cm³/mol. The summed E-state index contributed by atoms with van der Waals surface area (Å²) in [6.07, 6.45) is 1.79. The number of carbonyl (C=O) groups is 1. The second-order valence-corrected chi connectivity index (χ2v) is 8.24. The highest BCUT2D eigenvalue weighted by atomic mass is 35.5. The summed E-state index contributed by atoms with van der Waals surface area (Å²) in [5, 5.41) is 0.691. The summed E-state index contributed by atoms with van der Waals surface area (Å²) in [7, 11) is 1.65. The molecule has 0 amide bonds. The summed E-state index contributed by atoms with van der Waals surface area (Å²) in [5.74, 6) is 1.78. The van der Waals surface area contributed by atoms with Gasteiger partial charge in [-0.3, -0.25) is 4.90 Å². The second-order valence-electron chi connectivity index (χ2n) is 7.43. The third-order valence-corrected chi connectivity index (χ3v) is 5.95. The van der Waals surface area contributed by atoms with Crippen molar-refractivity contribution in [2.45, 2.75) is 19.0 Å². The molecule has 0 aliphatic carbocycles. The Bertz CT molecular complexity index is 1100. The Balaban J connectivity index is 1.56. The van der Waals surface area contributed by atoms with E-state index in [1.54, 1.807) is 19.2 Å². The van der Waals surface area contributed by atoms with E-state index in [0.717, 1.165) is 41.7 Å². The summed E-state index contributed by atoms with van der Waals surface area (Å²) in [5.41, 5.74) is 9.37. The SMILES string of the molecule is COc1cccc(CN2CCc3cc(Oc4c(Cl)cc(N)cc4Cl)ccc3C2C=O)c1. The predicted octanol–water partition coefficient (Wildman–Crippen LogP) is 5.67. The van der Waals surface area contributed by atoms with E-state index in [1.807, 2.05) is 42.5 Å². The second kappa shape index (κ2) is 9.18. The molecular weight excluding hydrogens is 435 g/mol. The molecule has 1 heterocycles. The minimum atomic E-state index is -0.326. The first-order valence-corrected chi connectivity index (χ1v) is 10.6. The molecule has 0 spiro atoms. The van der Waals surface area contributed by atoms with E-state index in [9.17, 15) is 4.79 Å². The quantitative estimate of drug-likeness (QED) is 0.382. The molecule has 0 saturated carbocycles. The number of nitrogens with zero attached hydrogens (tertiary/aromatic N) is 1. The Kier molecular flexibility index (Phi) is 6.37. The molecule has 0 radical (unpaired) electrons. The van der Waals surface area contributed by atoms with Gasteiger partial charge >= 0.3 is 0 Å². The Labute approximate surface area is 191 Å². The van der Waals surface area contributed by atoms with E-state index in [2.05, 4.69) is 4.90 Å². The number of aldehydes is 1. The Hall–Kier alpha value is -2.73. The molecule has 1 unspecified atom stereocenters. The standard InChI is InChI=1S/C24H22Cl2N2O3/c1-30-18-4-2-3-15(9-18)13-28-8-7-16-10-19(5-6-20(16)23(28)14-29)31-24-21(25)11-17(27)12-22(24)26/h2-6,9-12,14,23H,7-8,13,27H2,1H3. The van der Waals surface area contributed by atoms with Gasteiger partial charge in [-0.05, 0) is 59.5 Å². The van der Waals surface area contributed by atoms with Crippen molar-refractivity contribution in [2.24, 2.45) is 0 Å². The van der Waals surface area contributed by atoms with Gasteiger partial charge < -0.3 is 20.0 Å². The van der Waals surface area contributed by atoms with Gasteiger partial charge in [-0.1, -0.05) is 41.4 Å². The van der Waals surface area contributed by atoms with Crippen molar-refractivity contribution in [3.8, 4) is 17.2 Å². The van der Waals surface area contributed by atoms with Crippen molar-refractivity contribution in [1.29, 1.82) is 0 Å². The van der Waals surface area contributed by atoms with Crippen molar-refractivity contribution >= 4 is 35.2 Å². The number of benzene rings is 3. The van der Waals surface area contributed by atoms with E-state index in [-0.39, 0.29) is 6.04 Å². The van der Waals surface area contributed by atoms with Crippen LogP contribution in [0.4, 0.5) is 5.69 Å². The largest absolute Gasteiger partial charge is 0.497 e. The highest BCUT2D eigenvalue weighted by Gasteiger charge is 2.27. The number of hydrogen-bond acceptors (Lipinski definition) is 5. The third kappa shape index (κ3) is 4.64. The maximum Gasteiger partial charge on any atom is 0.164 e. The number of ether oxygens (including phenoxy) is 2. The van der Waals surface area contributed by atoms with Crippen LogP contribution in [0.25, 0.3) is 0 Å². The third-order valence-electron chi connectivity index (χ3n) is 5.38. The number of nitrogen functional groups attached to an aromatic ring is 1. The smallest absolute Gasteiger partial charge is 0.164 e. The number of hydrogen-bond donors (Lipinski definition) is 1. The molecule has 0 bridgehead atoms. The lowest BCUT2D eigenvalue weighted by atomic mass is 9.92. The van der Waals surface area contributed by atoms with Crippen LogP contribution >= 0.6 is 23.2 Å². The van der Waals surface area contributed by atoms with Crippen molar-refractivity contribution in [3.63, 3.8) is 0 Å². The molecule has 3 aromatic carbocycles. The van der Waals surface area contributed by atoms with Crippen LogP contribution in [0.5, 0.6) is 17.2 Å². The van der Waals surface area contributed by atoms with Gasteiger partial charge in [-0.25, -0.2) is 0 Å². The van der Waals surface area contributed by atoms with Crippen molar-refractivity contribution in [1.82, 2.24) is 4.90 Å². The summed E-state index contributed by atoms with van der Waals surface area (Å²) < 4.78 is 11.3. The summed E-state index contributed by atoms with van der Waals surface area (Å²) in [4.78, 5) is 14.2. The first-order chi connectivity index (χ1) is 15.0. The normalized spacial score (nSPS) is 15.9. The zero-order chi connectivity index (χ0) is 22.0. The number of rotatable bonds is 6. The van der Waals surface area contributed by atoms with E-state index < -0.39 is 0 Å². The first kappa shape index (κ1) is 21.5. The monoisotopic (exact) mass is 456 g/mol. The van der Waals surface area contributed by atoms with E-state index in [0.29, 0.717) is 33.8 Å². The average molecular weight is 457 g/mol. The van der Waals surface area contributed by atoms with Crippen molar-refractivity contribution in [2.75, 3.05) is 19.4 Å². The fourth-order valence-corrected chi connectivity index (χ4v) is 4.47. The lowest BCUT2D eigenvalue weighted by Crippen LogP contribution is -2.35. The van der Waals surface area contributed by atoms with Gasteiger partial charge in [0, 0.05) is 18.8 Å². The summed E-state index contributed by atoms with van der Waals surface area (Å²) in [6, 6.07) is 16.5. The molecule has 1 atom stereocenters. The molecule has 4 rings (SSSR count). The number of fused-ring (bicyclic) bond motifs is 1. The lowest BCUT2D eigenvalue weighted by Gasteiger charge is -2.34. The number of methoxy groups -OCH3 is 1.